The van der Waals surface area contributed by atoms with Gasteiger partial charge in [0.05, 0.1) is 5.69 Å². The minimum Gasteiger partial charge on any atom is -0.366 e. The first-order valence-electron chi connectivity index (χ1n) is 8.31. The third-order valence-electron chi connectivity index (χ3n) is 4.34. The third kappa shape index (κ3) is 3.99. The Balaban J connectivity index is 1.60. The summed E-state index contributed by atoms with van der Waals surface area (Å²) in [5.41, 5.74) is 1.41. The van der Waals surface area contributed by atoms with Gasteiger partial charge in [0.25, 0.3) is 0 Å². The number of carbonyl (C=O) groups excluding carboxylic acids is 2. The van der Waals surface area contributed by atoms with Crippen LogP contribution in [0.15, 0.2) is 42.5 Å². The van der Waals surface area contributed by atoms with Gasteiger partial charge in [0.1, 0.15) is 11.6 Å². The normalized spacial score (nSPS) is 14.3. The Kier molecular flexibility index (Phi) is 5.16. The Morgan fingerprint density at radius 2 is 1.73 bits per heavy atom. The van der Waals surface area contributed by atoms with E-state index in [2.05, 4.69) is 5.32 Å². The summed E-state index contributed by atoms with van der Waals surface area (Å²) < 4.78 is 26.9. The minimum atomic E-state index is -0.614. The first kappa shape index (κ1) is 17.8. The molecule has 7 heteroatoms. The fourth-order valence-corrected chi connectivity index (χ4v) is 2.91. The van der Waals surface area contributed by atoms with Crippen LogP contribution in [0.2, 0.25) is 0 Å². The summed E-state index contributed by atoms with van der Waals surface area (Å²) in [7, 11) is 0. The van der Waals surface area contributed by atoms with Gasteiger partial charge in [0, 0.05) is 43.5 Å². The van der Waals surface area contributed by atoms with Gasteiger partial charge in [-0.05, 0) is 31.2 Å². The van der Waals surface area contributed by atoms with Crippen LogP contribution in [-0.2, 0) is 0 Å². The maximum atomic E-state index is 13.9. The van der Waals surface area contributed by atoms with E-state index in [1.165, 1.54) is 19.1 Å². The van der Waals surface area contributed by atoms with E-state index in [4.69, 9.17) is 0 Å². The van der Waals surface area contributed by atoms with Gasteiger partial charge >= 0.3 is 6.03 Å². The average molecular weight is 359 g/mol. The second kappa shape index (κ2) is 7.51. The van der Waals surface area contributed by atoms with Crippen LogP contribution in [-0.4, -0.2) is 42.9 Å². The number of amides is 2. The van der Waals surface area contributed by atoms with Crippen LogP contribution in [0.4, 0.5) is 25.0 Å². The smallest absolute Gasteiger partial charge is 0.321 e. The number of urea groups is 1. The first-order valence-corrected chi connectivity index (χ1v) is 8.31. The predicted molar refractivity (Wildman–Crippen MR) is 95.6 cm³/mol. The summed E-state index contributed by atoms with van der Waals surface area (Å²) in [6.07, 6.45) is 0. The van der Waals surface area contributed by atoms with E-state index in [0.29, 0.717) is 43.1 Å². The molecule has 0 unspecified atom stereocenters. The van der Waals surface area contributed by atoms with Crippen molar-refractivity contribution in [2.75, 3.05) is 36.4 Å². The number of halogens is 2. The van der Waals surface area contributed by atoms with Crippen molar-refractivity contribution in [2.45, 2.75) is 6.92 Å². The van der Waals surface area contributed by atoms with Gasteiger partial charge in [-0.3, -0.25) is 4.79 Å². The molecule has 0 saturated carbocycles. The number of rotatable bonds is 3. The number of hydrogen-bond acceptors (Lipinski definition) is 3. The Morgan fingerprint density at radius 1 is 1.00 bits per heavy atom. The van der Waals surface area contributed by atoms with Crippen LogP contribution in [0, 0.1) is 11.6 Å². The number of benzene rings is 2. The van der Waals surface area contributed by atoms with Crippen molar-refractivity contribution >= 4 is 23.2 Å². The zero-order valence-electron chi connectivity index (χ0n) is 14.3. The van der Waals surface area contributed by atoms with Crippen LogP contribution in [0.25, 0.3) is 0 Å². The standard InChI is InChI=1S/C19H19F2N3O2/c1-13(25)14-3-2-4-16(11-14)22-19(26)24-9-7-23(8-10-24)18-6-5-15(20)12-17(18)21/h2-6,11-12H,7-10H2,1H3,(H,22,26). The predicted octanol–water partition coefficient (Wildman–Crippen LogP) is 3.52. The molecule has 1 aliphatic heterocycles. The second-order valence-corrected chi connectivity index (χ2v) is 6.14. The minimum absolute atomic E-state index is 0.0731. The van der Waals surface area contributed by atoms with Gasteiger partial charge in [-0.25, -0.2) is 13.6 Å². The molecule has 1 aliphatic rings. The summed E-state index contributed by atoms with van der Waals surface area (Å²) >= 11 is 0. The van der Waals surface area contributed by atoms with Gasteiger partial charge in [-0.1, -0.05) is 12.1 Å². The maximum absolute atomic E-state index is 13.9. The Hall–Kier alpha value is -2.96. The van der Waals surface area contributed by atoms with Crippen LogP contribution >= 0.6 is 0 Å². The van der Waals surface area contributed by atoms with Crippen LogP contribution in [0.5, 0.6) is 0 Å². The lowest BCUT2D eigenvalue weighted by Gasteiger charge is -2.36. The first-order chi connectivity index (χ1) is 12.4. The van der Waals surface area contributed by atoms with Crippen molar-refractivity contribution < 1.29 is 18.4 Å². The molecule has 1 heterocycles. The van der Waals surface area contributed by atoms with Crippen LogP contribution in [0.3, 0.4) is 0 Å². The molecule has 0 aliphatic carbocycles. The third-order valence-corrected chi connectivity index (χ3v) is 4.34. The summed E-state index contributed by atoms with van der Waals surface area (Å²) in [5, 5.41) is 2.77. The van der Waals surface area contributed by atoms with Crippen molar-refractivity contribution in [3.05, 3.63) is 59.7 Å². The Labute approximate surface area is 150 Å². The fourth-order valence-electron chi connectivity index (χ4n) is 2.91. The van der Waals surface area contributed by atoms with Gasteiger partial charge in [-0.15, -0.1) is 0 Å². The second-order valence-electron chi connectivity index (χ2n) is 6.14. The SMILES string of the molecule is CC(=O)c1cccc(NC(=O)N2CCN(c3ccc(F)cc3F)CC2)c1. The van der Waals surface area contributed by atoms with Gasteiger partial charge in [-0.2, -0.15) is 0 Å². The van der Waals surface area contributed by atoms with E-state index in [-0.39, 0.29) is 11.8 Å². The molecule has 3 rings (SSSR count). The number of ketones is 1. The zero-order chi connectivity index (χ0) is 18.7. The van der Waals surface area contributed by atoms with Gasteiger partial charge in [0.15, 0.2) is 5.78 Å². The topological polar surface area (TPSA) is 52.7 Å². The summed E-state index contributed by atoms with van der Waals surface area (Å²) in [4.78, 5) is 27.2. The van der Waals surface area contributed by atoms with E-state index >= 15 is 0 Å². The highest BCUT2D eigenvalue weighted by Crippen LogP contribution is 2.22. The fraction of sp³-hybridized carbons (Fsp3) is 0.263. The Morgan fingerprint density at radius 3 is 2.38 bits per heavy atom. The lowest BCUT2D eigenvalue weighted by molar-refractivity contribution is 0.101. The van der Waals surface area contributed by atoms with Crippen molar-refractivity contribution in [3.63, 3.8) is 0 Å². The summed E-state index contributed by atoms with van der Waals surface area (Å²) in [5.74, 6) is -1.29. The highest BCUT2D eigenvalue weighted by Gasteiger charge is 2.23. The summed E-state index contributed by atoms with van der Waals surface area (Å²) in [6.45, 7) is 3.19. The largest absolute Gasteiger partial charge is 0.366 e. The number of anilines is 2. The van der Waals surface area contributed by atoms with Crippen molar-refractivity contribution in [1.29, 1.82) is 0 Å². The molecule has 2 aromatic rings. The molecule has 0 radical (unpaired) electrons. The lowest BCUT2D eigenvalue weighted by Crippen LogP contribution is -2.50. The molecule has 1 fully saturated rings. The Bertz CT molecular complexity index is 833. The number of nitrogens with one attached hydrogen (secondary N) is 1. The molecular weight excluding hydrogens is 340 g/mol. The highest BCUT2D eigenvalue weighted by atomic mass is 19.1. The molecule has 2 aromatic carbocycles. The number of carbonyl (C=O) groups is 2. The number of nitrogens with zero attached hydrogens (tertiary/aromatic N) is 2. The lowest BCUT2D eigenvalue weighted by atomic mass is 10.1. The molecule has 0 spiro atoms. The molecule has 1 N–H and O–H groups in total. The van der Waals surface area contributed by atoms with E-state index in [1.54, 1.807) is 34.1 Å². The monoisotopic (exact) mass is 359 g/mol. The number of Topliss-reactive ketones (excluding diaryl/α,β-unsaturated/α-hetero) is 1. The van der Waals surface area contributed by atoms with Crippen molar-refractivity contribution in [1.82, 2.24) is 4.90 Å². The molecular formula is C19H19F2N3O2. The van der Waals surface area contributed by atoms with Gasteiger partial charge < -0.3 is 15.1 Å². The van der Waals surface area contributed by atoms with Crippen molar-refractivity contribution in [2.24, 2.45) is 0 Å². The molecule has 0 aromatic heterocycles. The summed E-state index contributed by atoms with van der Waals surface area (Å²) in [6, 6.07) is 9.96. The van der Waals surface area contributed by atoms with E-state index in [9.17, 15) is 18.4 Å². The van der Waals surface area contributed by atoms with Gasteiger partial charge in [0.2, 0.25) is 0 Å². The molecule has 2 amide bonds. The number of hydrogen-bond donors (Lipinski definition) is 1. The van der Waals surface area contributed by atoms with E-state index in [0.717, 1.165) is 6.07 Å². The average Bonchev–Trinajstić information content (AvgIpc) is 2.62. The highest BCUT2D eigenvalue weighted by molar-refractivity contribution is 5.96. The molecule has 136 valence electrons. The maximum Gasteiger partial charge on any atom is 0.321 e. The quantitative estimate of drug-likeness (QED) is 0.853. The van der Waals surface area contributed by atoms with Crippen LogP contribution < -0.4 is 10.2 Å². The van der Waals surface area contributed by atoms with Crippen molar-refractivity contribution in [3.8, 4) is 0 Å². The molecule has 1 saturated heterocycles. The van der Waals surface area contributed by atoms with E-state index < -0.39 is 11.6 Å². The number of piperazine rings is 1. The molecule has 0 atom stereocenters. The molecule has 5 nitrogen and oxygen atoms in total. The molecule has 26 heavy (non-hydrogen) atoms. The van der Waals surface area contributed by atoms with E-state index in [1.807, 2.05) is 0 Å². The van der Waals surface area contributed by atoms with Crippen LogP contribution in [0.1, 0.15) is 17.3 Å². The molecule has 0 bridgehead atoms. The zero-order valence-corrected chi connectivity index (χ0v) is 14.3.